The Morgan fingerprint density at radius 1 is 1.12 bits per heavy atom. The molecule has 0 aromatic carbocycles. The van der Waals surface area contributed by atoms with Crippen molar-refractivity contribution in [1.82, 2.24) is 15.3 Å². The number of pyridine rings is 2. The summed E-state index contributed by atoms with van der Waals surface area (Å²) in [5.41, 5.74) is 3.02. The van der Waals surface area contributed by atoms with Crippen LogP contribution in [0.15, 0.2) is 54.4 Å². The van der Waals surface area contributed by atoms with Crippen LogP contribution in [0.25, 0.3) is 0 Å². The average Bonchev–Trinajstić information content (AvgIpc) is 2.68. The summed E-state index contributed by atoms with van der Waals surface area (Å²) in [7, 11) is 0. The third-order valence-electron chi connectivity index (χ3n) is 4.32. The van der Waals surface area contributed by atoms with Gasteiger partial charge >= 0.3 is 0 Å². The van der Waals surface area contributed by atoms with Crippen LogP contribution in [0.4, 0.5) is 5.82 Å². The van der Waals surface area contributed by atoms with Crippen LogP contribution in [0.3, 0.4) is 0 Å². The van der Waals surface area contributed by atoms with Crippen LogP contribution >= 0.6 is 0 Å². The summed E-state index contributed by atoms with van der Waals surface area (Å²) in [6, 6.07) is 9.29. The lowest BCUT2D eigenvalue weighted by Crippen LogP contribution is -2.25. The molecule has 5 heteroatoms. The molecule has 2 aromatic heterocycles. The lowest BCUT2D eigenvalue weighted by Gasteiger charge is -2.13. The third kappa shape index (κ3) is 5.41. The summed E-state index contributed by atoms with van der Waals surface area (Å²) in [5, 5.41) is 6.20. The van der Waals surface area contributed by atoms with Crippen LogP contribution in [0.2, 0.25) is 0 Å². The molecule has 0 radical (unpaired) electrons. The molecule has 1 amide bonds. The fourth-order valence-electron chi connectivity index (χ4n) is 2.92. The maximum absolute atomic E-state index is 12.3. The van der Waals surface area contributed by atoms with E-state index in [0.717, 1.165) is 12.1 Å². The Labute approximate surface area is 148 Å². The van der Waals surface area contributed by atoms with Crippen molar-refractivity contribution in [1.29, 1.82) is 0 Å². The molecule has 2 heterocycles. The molecule has 0 saturated carbocycles. The SMILES string of the molecule is O=C(NCCC1=CCCCC1)c1ccnc(NCc2ccccn2)c1. The molecule has 2 N–H and O–H groups in total. The van der Waals surface area contributed by atoms with E-state index in [2.05, 4.69) is 26.7 Å². The zero-order valence-corrected chi connectivity index (χ0v) is 14.4. The first-order valence-electron chi connectivity index (χ1n) is 8.87. The topological polar surface area (TPSA) is 66.9 Å². The zero-order valence-electron chi connectivity index (χ0n) is 14.4. The van der Waals surface area contributed by atoms with E-state index in [4.69, 9.17) is 0 Å². The van der Waals surface area contributed by atoms with Crippen LogP contribution in [-0.4, -0.2) is 22.4 Å². The van der Waals surface area contributed by atoms with Gasteiger partial charge in [-0.3, -0.25) is 9.78 Å². The van der Waals surface area contributed by atoms with Gasteiger partial charge in [0.05, 0.1) is 12.2 Å². The quantitative estimate of drug-likeness (QED) is 0.757. The van der Waals surface area contributed by atoms with E-state index in [-0.39, 0.29) is 5.91 Å². The molecule has 3 rings (SSSR count). The maximum Gasteiger partial charge on any atom is 0.251 e. The molecule has 130 valence electrons. The second kappa shape index (κ2) is 8.97. The first-order chi connectivity index (χ1) is 12.3. The van der Waals surface area contributed by atoms with Crippen molar-refractivity contribution in [2.45, 2.75) is 38.6 Å². The van der Waals surface area contributed by atoms with Gasteiger partial charge in [0.1, 0.15) is 5.82 Å². The number of anilines is 1. The van der Waals surface area contributed by atoms with Gasteiger partial charge < -0.3 is 10.6 Å². The monoisotopic (exact) mass is 336 g/mol. The first kappa shape index (κ1) is 17.1. The van der Waals surface area contributed by atoms with Gasteiger partial charge in [-0.25, -0.2) is 4.98 Å². The smallest absolute Gasteiger partial charge is 0.251 e. The van der Waals surface area contributed by atoms with Crippen molar-refractivity contribution >= 4 is 11.7 Å². The lowest BCUT2D eigenvalue weighted by molar-refractivity contribution is 0.0954. The number of aromatic nitrogens is 2. The Balaban J connectivity index is 1.49. The van der Waals surface area contributed by atoms with E-state index in [1.54, 1.807) is 24.5 Å². The molecule has 5 nitrogen and oxygen atoms in total. The van der Waals surface area contributed by atoms with Gasteiger partial charge in [0, 0.05) is 24.5 Å². The third-order valence-corrected chi connectivity index (χ3v) is 4.32. The summed E-state index contributed by atoms with van der Waals surface area (Å²) in [6.45, 7) is 1.26. The fourth-order valence-corrected chi connectivity index (χ4v) is 2.92. The zero-order chi connectivity index (χ0) is 17.3. The van der Waals surface area contributed by atoms with E-state index in [0.29, 0.717) is 24.5 Å². The van der Waals surface area contributed by atoms with Crippen LogP contribution in [0.1, 0.15) is 48.2 Å². The molecular formula is C20H24N4O. The number of rotatable bonds is 7. The number of nitrogens with zero attached hydrogens (tertiary/aromatic N) is 2. The van der Waals surface area contributed by atoms with Gasteiger partial charge in [-0.2, -0.15) is 0 Å². The number of amides is 1. The molecule has 0 unspecified atom stereocenters. The number of hydrogen-bond donors (Lipinski definition) is 2. The summed E-state index contributed by atoms with van der Waals surface area (Å²) in [6.07, 6.45) is 11.6. The lowest BCUT2D eigenvalue weighted by atomic mass is 9.97. The molecule has 2 aromatic rings. The van der Waals surface area contributed by atoms with Crippen LogP contribution in [0, 0.1) is 0 Å². The Morgan fingerprint density at radius 2 is 2.08 bits per heavy atom. The number of allylic oxidation sites excluding steroid dienone is 1. The second-order valence-electron chi connectivity index (χ2n) is 6.22. The second-order valence-corrected chi connectivity index (χ2v) is 6.22. The fraction of sp³-hybridized carbons (Fsp3) is 0.350. The molecule has 0 aliphatic heterocycles. The van der Waals surface area contributed by atoms with Crippen molar-refractivity contribution in [2.75, 3.05) is 11.9 Å². The summed E-state index contributed by atoms with van der Waals surface area (Å²) in [5.74, 6) is 0.619. The molecular weight excluding hydrogens is 312 g/mol. The van der Waals surface area contributed by atoms with Crippen molar-refractivity contribution < 1.29 is 4.79 Å². The molecule has 0 atom stereocenters. The highest BCUT2D eigenvalue weighted by Crippen LogP contribution is 2.19. The number of carbonyl (C=O) groups excluding carboxylic acids is 1. The molecule has 1 aliphatic rings. The molecule has 0 fully saturated rings. The van der Waals surface area contributed by atoms with Crippen molar-refractivity contribution in [3.05, 3.63) is 65.6 Å². The Hall–Kier alpha value is -2.69. The largest absolute Gasteiger partial charge is 0.364 e. The van der Waals surface area contributed by atoms with E-state index in [9.17, 15) is 4.79 Å². The van der Waals surface area contributed by atoms with E-state index in [1.807, 2.05) is 18.2 Å². The molecule has 1 aliphatic carbocycles. The molecule has 0 bridgehead atoms. The summed E-state index contributed by atoms with van der Waals surface area (Å²) < 4.78 is 0. The standard InChI is InChI=1S/C20H24N4O/c25-20(23-12-9-16-6-2-1-3-7-16)17-10-13-22-19(14-17)24-15-18-8-4-5-11-21-18/h4-6,8,10-11,13-14H,1-3,7,9,12,15H2,(H,22,24)(H,23,25). The predicted octanol–water partition coefficient (Wildman–Crippen LogP) is 3.71. The Kier molecular flexibility index (Phi) is 6.15. The van der Waals surface area contributed by atoms with Crippen LogP contribution < -0.4 is 10.6 Å². The van der Waals surface area contributed by atoms with E-state index < -0.39 is 0 Å². The molecule has 0 saturated heterocycles. The normalized spacial score (nSPS) is 13.8. The van der Waals surface area contributed by atoms with Gasteiger partial charge in [-0.05, 0) is 56.4 Å². The van der Waals surface area contributed by atoms with Crippen molar-refractivity contribution in [3.63, 3.8) is 0 Å². The average molecular weight is 336 g/mol. The van der Waals surface area contributed by atoms with Gasteiger partial charge in [0.25, 0.3) is 5.91 Å². The summed E-state index contributed by atoms with van der Waals surface area (Å²) in [4.78, 5) is 20.8. The van der Waals surface area contributed by atoms with Gasteiger partial charge in [0.15, 0.2) is 0 Å². The first-order valence-corrected chi connectivity index (χ1v) is 8.87. The number of carbonyl (C=O) groups is 1. The highest BCUT2D eigenvalue weighted by molar-refractivity contribution is 5.94. The Bertz CT molecular complexity index is 727. The van der Waals surface area contributed by atoms with Crippen molar-refractivity contribution in [2.24, 2.45) is 0 Å². The maximum atomic E-state index is 12.3. The number of nitrogens with one attached hydrogen (secondary N) is 2. The minimum Gasteiger partial charge on any atom is -0.364 e. The van der Waals surface area contributed by atoms with E-state index >= 15 is 0 Å². The highest BCUT2D eigenvalue weighted by Gasteiger charge is 2.08. The minimum absolute atomic E-state index is 0.0558. The minimum atomic E-state index is -0.0558. The Morgan fingerprint density at radius 3 is 2.88 bits per heavy atom. The molecule has 25 heavy (non-hydrogen) atoms. The van der Waals surface area contributed by atoms with Gasteiger partial charge in [-0.1, -0.05) is 17.7 Å². The van der Waals surface area contributed by atoms with E-state index in [1.165, 1.54) is 31.3 Å². The number of hydrogen-bond acceptors (Lipinski definition) is 4. The van der Waals surface area contributed by atoms with Gasteiger partial charge in [0.2, 0.25) is 0 Å². The van der Waals surface area contributed by atoms with Gasteiger partial charge in [-0.15, -0.1) is 0 Å². The highest BCUT2D eigenvalue weighted by atomic mass is 16.1. The predicted molar refractivity (Wildman–Crippen MR) is 99.3 cm³/mol. The van der Waals surface area contributed by atoms with Crippen LogP contribution in [-0.2, 0) is 6.54 Å². The van der Waals surface area contributed by atoms with Crippen molar-refractivity contribution in [3.8, 4) is 0 Å². The van der Waals surface area contributed by atoms with Crippen LogP contribution in [0.5, 0.6) is 0 Å². The molecule has 0 spiro atoms. The summed E-state index contributed by atoms with van der Waals surface area (Å²) >= 11 is 0.